The van der Waals surface area contributed by atoms with Gasteiger partial charge in [0.25, 0.3) is 0 Å². The van der Waals surface area contributed by atoms with Crippen molar-refractivity contribution in [1.82, 2.24) is 0 Å². The second-order valence-corrected chi connectivity index (χ2v) is 5.88. The summed E-state index contributed by atoms with van der Waals surface area (Å²) in [5.74, 6) is 0. The molecule has 0 atom stereocenters. The molecule has 0 saturated carbocycles. The van der Waals surface area contributed by atoms with Gasteiger partial charge in [-0.2, -0.15) is 10.5 Å². The first-order chi connectivity index (χ1) is 9.60. The number of hydrogen-bond acceptors (Lipinski definition) is 3. The van der Waals surface area contributed by atoms with Gasteiger partial charge in [-0.15, -0.1) is 0 Å². The van der Waals surface area contributed by atoms with E-state index >= 15 is 0 Å². The largest absolute Gasteiger partial charge is 0.192 e. The van der Waals surface area contributed by atoms with Crippen LogP contribution in [0.5, 0.6) is 0 Å². The van der Waals surface area contributed by atoms with Crippen LogP contribution in [0.4, 0.5) is 0 Å². The number of rotatable bonds is 2. The number of benzene rings is 2. The first kappa shape index (κ1) is 15.0. The molecule has 0 saturated heterocycles. The van der Waals surface area contributed by atoms with Crippen LogP contribution in [0.1, 0.15) is 11.1 Å². The Hall–Kier alpha value is -1.36. The van der Waals surface area contributed by atoms with Crippen LogP contribution in [0.2, 0.25) is 15.1 Å². The molecule has 2 nitrogen and oxygen atoms in total. The van der Waals surface area contributed by atoms with Gasteiger partial charge in [0.15, 0.2) is 0 Å². The summed E-state index contributed by atoms with van der Waals surface area (Å²) in [6, 6.07) is 13.2. The van der Waals surface area contributed by atoms with Crippen LogP contribution >= 0.6 is 46.6 Å². The fourth-order valence-electron chi connectivity index (χ4n) is 1.54. The number of nitrogens with zero attached hydrogens (tertiary/aromatic N) is 2. The Morgan fingerprint density at radius 1 is 0.800 bits per heavy atom. The molecule has 6 heteroatoms. The Kier molecular flexibility index (Phi) is 4.81. The minimum absolute atomic E-state index is 0.0206. The summed E-state index contributed by atoms with van der Waals surface area (Å²) in [5.41, 5.74) is 0.179. The third-order valence-corrected chi connectivity index (χ3v) is 4.93. The average Bonchev–Trinajstić information content (AvgIpc) is 2.46. The van der Waals surface area contributed by atoms with Crippen molar-refractivity contribution >= 4 is 46.6 Å². The van der Waals surface area contributed by atoms with Crippen molar-refractivity contribution in [2.24, 2.45) is 0 Å². The summed E-state index contributed by atoms with van der Waals surface area (Å²) < 4.78 is 0. The third-order valence-electron chi connectivity index (χ3n) is 2.46. The van der Waals surface area contributed by atoms with Crippen LogP contribution in [0.3, 0.4) is 0 Å². The van der Waals surface area contributed by atoms with E-state index in [4.69, 9.17) is 40.1 Å². The summed E-state index contributed by atoms with van der Waals surface area (Å²) in [7, 11) is 0. The maximum Gasteiger partial charge on any atom is 0.102 e. The Morgan fingerprint density at radius 3 is 1.95 bits per heavy atom. The summed E-state index contributed by atoms with van der Waals surface area (Å²) in [6.45, 7) is 0. The van der Waals surface area contributed by atoms with Gasteiger partial charge in [-0.25, -0.2) is 0 Å². The van der Waals surface area contributed by atoms with Gasteiger partial charge in [-0.05, 0) is 12.1 Å². The third kappa shape index (κ3) is 2.73. The molecule has 0 N–H and O–H groups in total. The van der Waals surface area contributed by atoms with Crippen LogP contribution < -0.4 is 0 Å². The normalized spacial score (nSPS) is 9.85. The van der Waals surface area contributed by atoms with Crippen molar-refractivity contribution in [3.05, 3.63) is 56.5 Å². The lowest BCUT2D eigenvalue weighted by atomic mass is 10.1. The Morgan fingerprint density at radius 2 is 1.40 bits per heavy atom. The Balaban J connectivity index is 2.65. The maximum absolute atomic E-state index is 9.25. The first-order valence-electron chi connectivity index (χ1n) is 5.33. The standard InChI is InChI=1S/C14H5Cl3N2S/c15-11-9(6-18)12(16)13(17)14(10(11)7-19)20-8-4-2-1-3-5-8/h1-5H. The minimum Gasteiger partial charge on any atom is -0.192 e. The maximum atomic E-state index is 9.25. The summed E-state index contributed by atoms with van der Waals surface area (Å²) in [4.78, 5) is 1.34. The molecule has 0 aliphatic carbocycles. The second-order valence-electron chi connectivity index (χ2n) is 3.66. The van der Waals surface area contributed by atoms with E-state index in [9.17, 15) is 5.26 Å². The van der Waals surface area contributed by atoms with Gasteiger partial charge in [0.1, 0.15) is 12.1 Å². The van der Waals surface area contributed by atoms with Crippen molar-refractivity contribution in [3.63, 3.8) is 0 Å². The fraction of sp³-hybridized carbons (Fsp3) is 0. The molecule has 0 aliphatic heterocycles. The lowest BCUT2D eigenvalue weighted by Gasteiger charge is -2.11. The number of hydrogen-bond donors (Lipinski definition) is 0. The minimum atomic E-state index is 0.0206. The van der Waals surface area contributed by atoms with E-state index < -0.39 is 0 Å². The summed E-state index contributed by atoms with van der Waals surface area (Å²) in [5, 5.41) is 18.5. The smallest absolute Gasteiger partial charge is 0.102 e. The molecule has 98 valence electrons. The van der Waals surface area contributed by atoms with Crippen molar-refractivity contribution in [3.8, 4) is 12.1 Å². The number of nitriles is 2. The quantitative estimate of drug-likeness (QED) is 0.675. The van der Waals surface area contributed by atoms with Gasteiger partial charge in [0.05, 0.1) is 31.1 Å². The molecule has 0 unspecified atom stereocenters. The molecule has 2 aromatic carbocycles. The zero-order chi connectivity index (χ0) is 14.7. The molecule has 0 spiro atoms. The molecule has 2 aromatic rings. The molecule has 0 aromatic heterocycles. The van der Waals surface area contributed by atoms with Crippen LogP contribution in [0.15, 0.2) is 40.1 Å². The molecule has 0 fully saturated rings. The molecule has 20 heavy (non-hydrogen) atoms. The van der Waals surface area contributed by atoms with E-state index in [1.165, 1.54) is 11.8 Å². The van der Waals surface area contributed by atoms with Gasteiger partial charge < -0.3 is 0 Å². The highest BCUT2D eigenvalue weighted by Crippen LogP contribution is 2.44. The van der Waals surface area contributed by atoms with E-state index in [2.05, 4.69) is 0 Å². The van der Waals surface area contributed by atoms with Crippen molar-refractivity contribution in [2.45, 2.75) is 9.79 Å². The zero-order valence-corrected chi connectivity index (χ0v) is 12.9. The predicted molar refractivity (Wildman–Crippen MR) is 81.5 cm³/mol. The molecular formula is C14H5Cl3N2S. The number of halogens is 3. The summed E-state index contributed by atoms with van der Waals surface area (Å²) in [6.07, 6.45) is 0. The monoisotopic (exact) mass is 338 g/mol. The fourth-order valence-corrected chi connectivity index (χ4v) is 3.48. The van der Waals surface area contributed by atoms with Gasteiger partial charge in [-0.1, -0.05) is 64.8 Å². The van der Waals surface area contributed by atoms with E-state index in [0.29, 0.717) is 4.90 Å². The van der Waals surface area contributed by atoms with Crippen molar-refractivity contribution in [1.29, 1.82) is 10.5 Å². The molecular weight excluding hydrogens is 335 g/mol. The predicted octanol–water partition coefficient (Wildman–Crippen LogP) is 5.54. The van der Waals surface area contributed by atoms with Crippen molar-refractivity contribution in [2.75, 3.05) is 0 Å². The highest BCUT2D eigenvalue weighted by atomic mass is 35.5. The lowest BCUT2D eigenvalue weighted by molar-refractivity contribution is 1.33. The van der Waals surface area contributed by atoms with E-state index in [0.717, 1.165) is 4.90 Å². The molecule has 0 amide bonds. The van der Waals surface area contributed by atoms with Crippen molar-refractivity contribution < 1.29 is 0 Å². The highest BCUT2D eigenvalue weighted by molar-refractivity contribution is 7.99. The first-order valence-corrected chi connectivity index (χ1v) is 7.28. The highest BCUT2D eigenvalue weighted by Gasteiger charge is 2.21. The molecule has 2 rings (SSSR count). The Bertz CT molecular complexity index is 746. The Labute approximate surface area is 135 Å². The SMILES string of the molecule is N#Cc1c(Cl)c(Cl)c(Sc2ccccc2)c(C#N)c1Cl. The zero-order valence-electron chi connectivity index (χ0n) is 9.82. The lowest BCUT2D eigenvalue weighted by Crippen LogP contribution is -1.92. The van der Waals surface area contributed by atoms with Gasteiger partial charge in [-0.3, -0.25) is 0 Å². The molecule has 0 bridgehead atoms. The van der Waals surface area contributed by atoms with Gasteiger partial charge in [0.2, 0.25) is 0 Å². The van der Waals surface area contributed by atoms with Crippen LogP contribution in [0, 0.1) is 22.7 Å². The van der Waals surface area contributed by atoms with Crippen LogP contribution in [0.25, 0.3) is 0 Å². The molecule has 0 heterocycles. The van der Waals surface area contributed by atoms with Crippen LogP contribution in [-0.2, 0) is 0 Å². The van der Waals surface area contributed by atoms with E-state index in [-0.39, 0.29) is 26.2 Å². The van der Waals surface area contributed by atoms with Gasteiger partial charge >= 0.3 is 0 Å². The summed E-state index contributed by atoms with van der Waals surface area (Å²) >= 11 is 19.5. The second kappa shape index (κ2) is 6.39. The van der Waals surface area contributed by atoms with E-state index in [1.807, 2.05) is 42.5 Å². The van der Waals surface area contributed by atoms with E-state index in [1.54, 1.807) is 0 Å². The molecule has 0 radical (unpaired) electrons. The van der Waals surface area contributed by atoms with Crippen LogP contribution in [-0.4, -0.2) is 0 Å². The topological polar surface area (TPSA) is 47.6 Å². The average molecular weight is 340 g/mol. The van der Waals surface area contributed by atoms with Gasteiger partial charge in [0, 0.05) is 4.90 Å². The molecule has 0 aliphatic rings.